The SMILES string of the molecule is CCCc1ccccc1-c1ccc2c(c1)Cc1cc(-c3ccccc3CCC)ccc1-2. The molecule has 0 amide bonds. The number of aryl methyl sites for hydroxylation is 2. The van der Waals surface area contributed by atoms with Crippen LogP contribution in [-0.4, -0.2) is 0 Å². The molecule has 0 unspecified atom stereocenters. The van der Waals surface area contributed by atoms with Gasteiger partial charge in [-0.3, -0.25) is 0 Å². The first-order valence-electron chi connectivity index (χ1n) is 11.7. The zero-order chi connectivity index (χ0) is 21.2. The minimum atomic E-state index is 1.03. The Bertz CT molecular complexity index is 1130. The second kappa shape index (κ2) is 8.55. The van der Waals surface area contributed by atoms with Gasteiger partial charge in [-0.15, -0.1) is 0 Å². The van der Waals surface area contributed by atoms with Crippen LogP contribution in [0.15, 0.2) is 84.9 Å². The van der Waals surface area contributed by atoms with Crippen LogP contribution >= 0.6 is 0 Å². The Hall–Kier alpha value is -3.12. The van der Waals surface area contributed by atoms with Crippen LogP contribution in [0.25, 0.3) is 33.4 Å². The summed E-state index contributed by atoms with van der Waals surface area (Å²) in [6.07, 6.45) is 5.64. The van der Waals surface area contributed by atoms with Crippen LogP contribution in [0.5, 0.6) is 0 Å². The van der Waals surface area contributed by atoms with Gasteiger partial charge in [0, 0.05) is 0 Å². The molecule has 0 aliphatic heterocycles. The normalized spacial score (nSPS) is 11.9. The molecule has 0 saturated heterocycles. The van der Waals surface area contributed by atoms with E-state index >= 15 is 0 Å². The van der Waals surface area contributed by atoms with Crippen molar-refractivity contribution < 1.29 is 0 Å². The van der Waals surface area contributed by atoms with Gasteiger partial charge in [0.2, 0.25) is 0 Å². The maximum absolute atomic E-state index is 2.43. The van der Waals surface area contributed by atoms with E-state index in [1.165, 1.54) is 68.5 Å². The lowest BCUT2D eigenvalue weighted by Gasteiger charge is -2.11. The fourth-order valence-electron chi connectivity index (χ4n) is 5.12. The van der Waals surface area contributed by atoms with Gasteiger partial charge in [0.15, 0.2) is 0 Å². The van der Waals surface area contributed by atoms with Crippen LogP contribution in [0.1, 0.15) is 48.9 Å². The average molecular weight is 403 g/mol. The van der Waals surface area contributed by atoms with E-state index in [-0.39, 0.29) is 0 Å². The van der Waals surface area contributed by atoms with Crippen LogP contribution in [0.2, 0.25) is 0 Å². The van der Waals surface area contributed by atoms with Crippen LogP contribution in [-0.2, 0) is 19.3 Å². The molecule has 0 N–H and O–H groups in total. The molecule has 154 valence electrons. The predicted octanol–water partition coefficient (Wildman–Crippen LogP) is 8.50. The zero-order valence-electron chi connectivity index (χ0n) is 18.6. The highest BCUT2D eigenvalue weighted by Gasteiger charge is 2.20. The molecule has 0 atom stereocenters. The first-order chi connectivity index (χ1) is 15.3. The lowest BCUT2D eigenvalue weighted by molar-refractivity contribution is 0.923. The molecule has 0 saturated carbocycles. The number of hydrogen-bond acceptors (Lipinski definition) is 0. The van der Waals surface area contributed by atoms with Crippen molar-refractivity contribution in [2.24, 2.45) is 0 Å². The van der Waals surface area contributed by atoms with Gasteiger partial charge in [-0.1, -0.05) is 112 Å². The highest BCUT2D eigenvalue weighted by Crippen LogP contribution is 2.41. The fourth-order valence-corrected chi connectivity index (χ4v) is 5.12. The van der Waals surface area contributed by atoms with Crippen molar-refractivity contribution in [3.63, 3.8) is 0 Å². The molecule has 4 aromatic rings. The number of fused-ring (bicyclic) bond motifs is 3. The molecule has 1 aliphatic rings. The molecular formula is C31H30. The number of hydrogen-bond donors (Lipinski definition) is 0. The third-order valence-electron chi connectivity index (χ3n) is 6.58. The first-order valence-corrected chi connectivity index (χ1v) is 11.7. The van der Waals surface area contributed by atoms with Gasteiger partial charge in [0.05, 0.1) is 0 Å². The molecular weight excluding hydrogens is 372 g/mol. The van der Waals surface area contributed by atoms with Gasteiger partial charge in [-0.05, 0) is 74.9 Å². The molecule has 0 fully saturated rings. The standard InChI is InChI=1S/C31H30/c1-3-9-22-11-5-7-13-28(22)24-15-17-30-26(19-24)21-27-20-25(16-18-31(27)30)29-14-8-6-12-23(29)10-4-2/h5-8,11-20H,3-4,9-10,21H2,1-2H3. The fraction of sp³-hybridized carbons (Fsp3) is 0.226. The minimum Gasteiger partial charge on any atom is -0.0651 e. The average Bonchev–Trinajstić information content (AvgIpc) is 3.17. The predicted molar refractivity (Wildman–Crippen MR) is 134 cm³/mol. The maximum atomic E-state index is 2.43. The van der Waals surface area contributed by atoms with E-state index in [1.54, 1.807) is 0 Å². The Labute approximate surface area is 186 Å². The molecule has 0 spiro atoms. The summed E-state index contributed by atoms with van der Waals surface area (Å²) in [5, 5.41) is 0. The molecule has 0 aromatic heterocycles. The van der Waals surface area contributed by atoms with Crippen molar-refractivity contribution in [2.75, 3.05) is 0 Å². The summed E-state index contributed by atoms with van der Waals surface area (Å²) in [6.45, 7) is 4.51. The second-order valence-corrected chi connectivity index (χ2v) is 8.73. The van der Waals surface area contributed by atoms with Crippen molar-refractivity contribution in [1.29, 1.82) is 0 Å². The number of rotatable bonds is 6. The van der Waals surface area contributed by atoms with Crippen LogP contribution in [0, 0.1) is 0 Å². The van der Waals surface area contributed by atoms with E-state index in [9.17, 15) is 0 Å². The van der Waals surface area contributed by atoms with Gasteiger partial charge < -0.3 is 0 Å². The van der Waals surface area contributed by atoms with E-state index in [1.807, 2.05) is 0 Å². The van der Waals surface area contributed by atoms with Crippen molar-refractivity contribution >= 4 is 0 Å². The van der Waals surface area contributed by atoms with E-state index in [4.69, 9.17) is 0 Å². The van der Waals surface area contributed by atoms with Gasteiger partial charge >= 0.3 is 0 Å². The topological polar surface area (TPSA) is 0 Å². The summed E-state index contributed by atoms with van der Waals surface area (Å²) in [5.41, 5.74) is 14.1. The summed E-state index contributed by atoms with van der Waals surface area (Å²) >= 11 is 0. The zero-order valence-corrected chi connectivity index (χ0v) is 18.6. The Morgan fingerprint density at radius 3 is 1.42 bits per heavy atom. The molecule has 4 aromatic carbocycles. The van der Waals surface area contributed by atoms with E-state index < -0.39 is 0 Å². The van der Waals surface area contributed by atoms with E-state index in [0.717, 1.165) is 19.3 Å². The molecule has 31 heavy (non-hydrogen) atoms. The van der Waals surface area contributed by atoms with Crippen molar-refractivity contribution in [1.82, 2.24) is 0 Å². The van der Waals surface area contributed by atoms with Gasteiger partial charge in [0.25, 0.3) is 0 Å². The molecule has 0 nitrogen and oxygen atoms in total. The number of benzene rings is 4. The highest BCUT2D eigenvalue weighted by molar-refractivity contribution is 5.83. The third-order valence-corrected chi connectivity index (χ3v) is 6.58. The van der Waals surface area contributed by atoms with Gasteiger partial charge in [0.1, 0.15) is 0 Å². The smallest absolute Gasteiger partial charge is 0.00130 e. The van der Waals surface area contributed by atoms with Crippen LogP contribution < -0.4 is 0 Å². The summed E-state index contributed by atoms with van der Waals surface area (Å²) < 4.78 is 0. The van der Waals surface area contributed by atoms with Crippen LogP contribution in [0.4, 0.5) is 0 Å². The van der Waals surface area contributed by atoms with Crippen molar-refractivity contribution in [2.45, 2.75) is 46.0 Å². The van der Waals surface area contributed by atoms with Crippen LogP contribution in [0.3, 0.4) is 0 Å². The molecule has 5 rings (SSSR count). The molecule has 0 heteroatoms. The van der Waals surface area contributed by atoms with Gasteiger partial charge in [-0.25, -0.2) is 0 Å². The largest absolute Gasteiger partial charge is 0.0651 e. The monoisotopic (exact) mass is 402 g/mol. The Kier molecular flexibility index (Phi) is 5.47. The quantitative estimate of drug-likeness (QED) is 0.267. The lowest BCUT2D eigenvalue weighted by Crippen LogP contribution is -1.90. The molecule has 0 heterocycles. The van der Waals surface area contributed by atoms with Crippen molar-refractivity contribution in [3.8, 4) is 33.4 Å². The van der Waals surface area contributed by atoms with Gasteiger partial charge in [-0.2, -0.15) is 0 Å². The maximum Gasteiger partial charge on any atom is -0.00130 e. The summed E-state index contributed by atoms with van der Waals surface area (Å²) in [6, 6.07) is 31.9. The summed E-state index contributed by atoms with van der Waals surface area (Å²) in [5.74, 6) is 0. The highest BCUT2D eigenvalue weighted by atomic mass is 14.2. The van der Waals surface area contributed by atoms with Crippen molar-refractivity contribution in [3.05, 3.63) is 107 Å². The molecule has 0 radical (unpaired) electrons. The second-order valence-electron chi connectivity index (χ2n) is 8.73. The summed E-state index contributed by atoms with van der Waals surface area (Å²) in [4.78, 5) is 0. The van der Waals surface area contributed by atoms with E-state index in [2.05, 4.69) is 98.8 Å². The Balaban J connectivity index is 1.51. The summed E-state index contributed by atoms with van der Waals surface area (Å²) in [7, 11) is 0. The third kappa shape index (κ3) is 3.72. The van der Waals surface area contributed by atoms with E-state index in [0.29, 0.717) is 0 Å². The Morgan fingerprint density at radius 2 is 0.968 bits per heavy atom. The first kappa shape index (κ1) is 19.8. The molecule has 0 bridgehead atoms. The lowest BCUT2D eigenvalue weighted by atomic mass is 9.93. The minimum absolute atomic E-state index is 1.03. The molecule has 1 aliphatic carbocycles. The Morgan fingerprint density at radius 1 is 0.516 bits per heavy atom.